The van der Waals surface area contributed by atoms with Crippen molar-refractivity contribution in [1.82, 2.24) is 5.43 Å². The van der Waals surface area contributed by atoms with E-state index in [0.717, 1.165) is 17.9 Å². The number of nitrogens with two attached hydrogens (primary N) is 2. The van der Waals surface area contributed by atoms with Crippen LogP contribution >= 0.6 is 0 Å². The van der Waals surface area contributed by atoms with Crippen LogP contribution in [0.3, 0.4) is 0 Å². The van der Waals surface area contributed by atoms with Gasteiger partial charge in [0.05, 0.1) is 12.2 Å². The predicted octanol–water partition coefficient (Wildman–Crippen LogP) is 0.394. The van der Waals surface area contributed by atoms with E-state index in [4.69, 9.17) is 11.5 Å². The smallest absolute Gasteiger partial charge is 0.113 e. The van der Waals surface area contributed by atoms with Crippen molar-refractivity contribution >= 4 is 11.4 Å². The zero-order valence-corrected chi connectivity index (χ0v) is 7.20. The largest absolute Gasteiger partial charge is 0.399 e. The molecule has 0 radical (unpaired) electrons. The number of nitrogens with zero attached hydrogens (tertiary/aromatic N) is 1. The lowest BCUT2D eigenvalue weighted by Gasteiger charge is -2.19. The molecule has 1 aromatic carbocycles. The highest BCUT2D eigenvalue weighted by Gasteiger charge is 2.10. The summed E-state index contributed by atoms with van der Waals surface area (Å²) in [5, 5.41) is 1.95. The zero-order valence-electron chi connectivity index (χ0n) is 7.20. The molecular formula is C9H12N4. The maximum Gasteiger partial charge on any atom is 0.113 e. The Morgan fingerprint density at radius 1 is 1.15 bits per heavy atom. The van der Waals surface area contributed by atoms with Gasteiger partial charge >= 0.3 is 0 Å². The van der Waals surface area contributed by atoms with Crippen molar-refractivity contribution in [3.63, 3.8) is 0 Å². The molecule has 0 saturated heterocycles. The van der Waals surface area contributed by atoms with Gasteiger partial charge < -0.3 is 11.5 Å². The number of nitrogen functional groups attached to an aromatic ring is 1. The number of hydrazine groups is 1. The van der Waals surface area contributed by atoms with E-state index in [1.165, 1.54) is 0 Å². The van der Waals surface area contributed by atoms with Crippen LogP contribution in [0.2, 0.25) is 0 Å². The summed E-state index contributed by atoms with van der Waals surface area (Å²) < 4.78 is 0. The lowest BCUT2D eigenvalue weighted by molar-refractivity contribution is 0.797. The molecule has 4 heteroatoms. The summed E-state index contributed by atoms with van der Waals surface area (Å²) in [7, 11) is 0. The van der Waals surface area contributed by atoms with Gasteiger partial charge in [-0.15, -0.1) is 0 Å². The van der Waals surface area contributed by atoms with Gasteiger partial charge in [-0.1, -0.05) is 0 Å². The summed E-state index contributed by atoms with van der Waals surface area (Å²) in [6.07, 6.45) is 1.93. The summed E-state index contributed by atoms with van der Waals surface area (Å²) in [6.45, 7) is 0.787. The third-order valence-electron chi connectivity index (χ3n) is 1.96. The molecule has 1 heterocycles. The van der Waals surface area contributed by atoms with Gasteiger partial charge in [-0.25, -0.2) is 0 Å². The van der Waals surface area contributed by atoms with Gasteiger partial charge in [-0.3, -0.25) is 10.4 Å². The number of benzene rings is 1. The zero-order chi connectivity index (χ0) is 9.26. The van der Waals surface area contributed by atoms with Crippen LogP contribution in [0.25, 0.3) is 0 Å². The van der Waals surface area contributed by atoms with Gasteiger partial charge in [0.15, 0.2) is 0 Å². The third-order valence-corrected chi connectivity index (χ3v) is 1.96. The van der Waals surface area contributed by atoms with Crippen LogP contribution in [0.5, 0.6) is 0 Å². The fourth-order valence-electron chi connectivity index (χ4n) is 1.26. The van der Waals surface area contributed by atoms with Crippen LogP contribution in [-0.2, 0) is 0 Å². The maximum absolute atomic E-state index is 5.58. The highest BCUT2D eigenvalue weighted by atomic mass is 15.5. The molecule has 0 fully saturated rings. The number of anilines is 2. The topological polar surface area (TPSA) is 67.3 Å². The minimum absolute atomic E-state index is 0.692. The molecule has 1 aromatic rings. The van der Waals surface area contributed by atoms with Crippen molar-refractivity contribution < 1.29 is 0 Å². The van der Waals surface area contributed by atoms with Crippen molar-refractivity contribution in [2.24, 2.45) is 5.73 Å². The quantitative estimate of drug-likeness (QED) is 0.542. The van der Waals surface area contributed by atoms with Crippen LogP contribution in [0.1, 0.15) is 0 Å². The minimum Gasteiger partial charge on any atom is -0.399 e. The van der Waals surface area contributed by atoms with E-state index in [2.05, 4.69) is 5.43 Å². The molecule has 0 aliphatic carbocycles. The van der Waals surface area contributed by atoms with Gasteiger partial charge in [0.25, 0.3) is 0 Å². The highest BCUT2D eigenvalue weighted by molar-refractivity contribution is 5.53. The fraction of sp³-hybridized carbons (Fsp3) is 0.111. The lowest BCUT2D eigenvalue weighted by atomic mass is 10.3. The van der Waals surface area contributed by atoms with E-state index < -0.39 is 0 Å². The second-order valence-corrected chi connectivity index (χ2v) is 2.97. The van der Waals surface area contributed by atoms with Crippen molar-refractivity contribution in [1.29, 1.82) is 0 Å². The SMILES string of the molecule is NC1=CCN(c2ccc(N)cc2)N1. The number of rotatable bonds is 1. The van der Waals surface area contributed by atoms with E-state index in [-0.39, 0.29) is 0 Å². The van der Waals surface area contributed by atoms with Gasteiger partial charge in [0.1, 0.15) is 5.82 Å². The average molecular weight is 176 g/mol. The molecule has 0 unspecified atom stereocenters. The standard InChI is InChI=1S/C9H12N4/c10-7-1-3-8(4-2-7)13-6-5-9(11)12-13/h1-5,12H,6,10-11H2. The summed E-state index contributed by atoms with van der Waals surface area (Å²) >= 11 is 0. The second-order valence-electron chi connectivity index (χ2n) is 2.97. The van der Waals surface area contributed by atoms with Gasteiger partial charge in [-0.2, -0.15) is 0 Å². The first-order chi connectivity index (χ1) is 6.25. The normalized spacial score (nSPS) is 15.4. The van der Waals surface area contributed by atoms with Crippen LogP contribution in [-0.4, -0.2) is 6.54 Å². The molecule has 1 aliphatic heterocycles. The Balaban J connectivity index is 2.14. The van der Waals surface area contributed by atoms with Gasteiger partial charge in [0, 0.05) is 5.69 Å². The van der Waals surface area contributed by atoms with Crippen molar-refractivity contribution in [3.05, 3.63) is 36.2 Å². The summed E-state index contributed by atoms with van der Waals surface area (Å²) in [5.74, 6) is 0.692. The molecule has 0 bridgehead atoms. The van der Waals surface area contributed by atoms with Crippen molar-refractivity contribution in [3.8, 4) is 0 Å². The molecule has 5 N–H and O–H groups in total. The molecule has 0 saturated carbocycles. The molecule has 0 aromatic heterocycles. The first-order valence-electron chi connectivity index (χ1n) is 4.11. The van der Waals surface area contributed by atoms with E-state index in [9.17, 15) is 0 Å². The van der Waals surface area contributed by atoms with Crippen LogP contribution in [0.15, 0.2) is 36.2 Å². The van der Waals surface area contributed by atoms with Crippen LogP contribution in [0, 0.1) is 0 Å². The first-order valence-corrected chi connectivity index (χ1v) is 4.11. The highest BCUT2D eigenvalue weighted by Crippen LogP contribution is 2.16. The summed E-state index contributed by atoms with van der Waals surface area (Å²) in [6, 6.07) is 7.64. The molecule has 0 atom stereocenters. The van der Waals surface area contributed by atoms with E-state index in [0.29, 0.717) is 5.82 Å². The lowest BCUT2D eigenvalue weighted by Crippen LogP contribution is -2.33. The Labute approximate surface area is 76.8 Å². The predicted molar refractivity (Wildman–Crippen MR) is 53.6 cm³/mol. The molecule has 0 spiro atoms. The number of nitrogens with one attached hydrogen (secondary N) is 1. The van der Waals surface area contributed by atoms with Gasteiger partial charge in [-0.05, 0) is 30.3 Å². The molecule has 13 heavy (non-hydrogen) atoms. The van der Waals surface area contributed by atoms with E-state index in [1.54, 1.807) is 0 Å². The van der Waals surface area contributed by atoms with Crippen molar-refractivity contribution in [2.45, 2.75) is 0 Å². The molecular weight excluding hydrogens is 164 g/mol. The average Bonchev–Trinajstić information content (AvgIpc) is 2.53. The van der Waals surface area contributed by atoms with E-state index >= 15 is 0 Å². The molecule has 2 rings (SSSR count). The Morgan fingerprint density at radius 2 is 1.85 bits per heavy atom. The molecule has 4 nitrogen and oxygen atoms in total. The Kier molecular flexibility index (Phi) is 1.73. The Hall–Kier alpha value is -1.84. The van der Waals surface area contributed by atoms with Crippen molar-refractivity contribution in [2.75, 3.05) is 17.3 Å². The van der Waals surface area contributed by atoms with Crippen LogP contribution in [0.4, 0.5) is 11.4 Å². The fourth-order valence-corrected chi connectivity index (χ4v) is 1.26. The Bertz CT molecular complexity index is 328. The monoisotopic (exact) mass is 176 g/mol. The summed E-state index contributed by atoms with van der Waals surface area (Å²) in [5.41, 5.74) is 16.0. The molecule has 68 valence electrons. The minimum atomic E-state index is 0.692. The summed E-state index contributed by atoms with van der Waals surface area (Å²) in [4.78, 5) is 0. The number of hydrogen-bond acceptors (Lipinski definition) is 4. The van der Waals surface area contributed by atoms with E-state index in [1.807, 2.05) is 35.4 Å². The first kappa shape index (κ1) is 7.79. The molecule has 1 aliphatic rings. The third kappa shape index (κ3) is 1.51. The van der Waals surface area contributed by atoms with Crippen LogP contribution < -0.4 is 21.9 Å². The molecule has 0 amide bonds. The number of hydrogen-bond donors (Lipinski definition) is 3. The van der Waals surface area contributed by atoms with Gasteiger partial charge in [0.2, 0.25) is 0 Å². The Morgan fingerprint density at radius 3 is 2.38 bits per heavy atom. The second kappa shape index (κ2) is 2.90. The maximum atomic E-state index is 5.58.